The number of halogens is 1. The van der Waals surface area contributed by atoms with Crippen LogP contribution in [-0.2, 0) is 0 Å². The highest BCUT2D eigenvalue weighted by molar-refractivity contribution is 6.31. The van der Waals surface area contributed by atoms with Crippen LogP contribution in [0.3, 0.4) is 0 Å². The van der Waals surface area contributed by atoms with Crippen LogP contribution in [0.2, 0.25) is 5.02 Å². The number of aryl methyl sites for hydroxylation is 1. The maximum Gasteiger partial charge on any atom is 0.186 e. The van der Waals surface area contributed by atoms with E-state index >= 15 is 0 Å². The fourth-order valence-electron chi connectivity index (χ4n) is 2.57. The van der Waals surface area contributed by atoms with Gasteiger partial charge in [-0.05, 0) is 31.4 Å². The Kier molecular flexibility index (Phi) is 3.56. The lowest BCUT2D eigenvalue weighted by Crippen LogP contribution is -2.16. The first-order chi connectivity index (χ1) is 10.2. The van der Waals surface area contributed by atoms with E-state index in [0.29, 0.717) is 22.4 Å². The topological polar surface area (TPSA) is 63.7 Å². The Morgan fingerprint density at radius 2 is 2.19 bits per heavy atom. The molecule has 1 fully saturated rings. The highest BCUT2D eigenvalue weighted by atomic mass is 35.5. The van der Waals surface area contributed by atoms with Gasteiger partial charge >= 0.3 is 0 Å². The molecule has 0 saturated heterocycles. The summed E-state index contributed by atoms with van der Waals surface area (Å²) in [5.41, 5.74) is 2.98. The molecule has 1 aliphatic rings. The minimum absolute atomic E-state index is 0.343. The third-order valence-electron chi connectivity index (χ3n) is 3.99. The standard InChI is InChI=1S/C15H15ClN4O/c1-9-6-13(14(21-2)7-11(9)16)20-15(10-4-3-5-10)12(8-17)18-19-20/h6-7,10H,3-5H2,1-2H3. The summed E-state index contributed by atoms with van der Waals surface area (Å²) in [6.07, 6.45) is 3.31. The molecule has 1 aromatic heterocycles. The quantitative estimate of drug-likeness (QED) is 0.872. The Labute approximate surface area is 128 Å². The minimum atomic E-state index is 0.343. The maximum absolute atomic E-state index is 9.25. The van der Waals surface area contributed by atoms with Gasteiger partial charge in [-0.2, -0.15) is 5.26 Å². The van der Waals surface area contributed by atoms with E-state index < -0.39 is 0 Å². The minimum Gasteiger partial charge on any atom is -0.494 e. The van der Waals surface area contributed by atoms with Gasteiger partial charge in [0.25, 0.3) is 0 Å². The van der Waals surface area contributed by atoms with E-state index in [4.69, 9.17) is 16.3 Å². The molecule has 21 heavy (non-hydrogen) atoms. The first kappa shape index (κ1) is 13.9. The highest BCUT2D eigenvalue weighted by Crippen LogP contribution is 2.39. The Hall–Kier alpha value is -2.06. The average molecular weight is 303 g/mol. The predicted octanol–water partition coefficient (Wildman–Crippen LogP) is 3.38. The van der Waals surface area contributed by atoms with Gasteiger partial charge in [-0.25, -0.2) is 4.68 Å². The van der Waals surface area contributed by atoms with Crippen molar-refractivity contribution in [2.24, 2.45) is 0 Å². The number of aromatic nitrogens is 3. The van der Waals surface area contributed by atoms with Crippen molar-refractivity contribution in [3.05, 3.63) is 34.1 Å². The van der Waals surface area contributed by atoms with E-state index in [1.807, 2.05) is 13.0 Å². The van der Waals surface area contributed by atoms with E-state index in [9.17, 15) is 5.26 Å². The van der Waals surface area contributed by atoms with Crippen LogP contribution in [0, 0.1) is 18.3 Å². The van der Waals surface area contributed by atoms with Crippen LogP contribution in [0.5, 0.6) is 5.75 Å². The number of nitriles is 1. The normalized spacial score (nSPS) is 14.6. The van der Waals surface area contributed by atoms with E-state index in [0.717, 1.165) is 29.8 Å². The van der Waals surface area contributed by atoms with Crippen molar-refractivity contribution < 1.29 is 4.74 Å². The molecule has 0 radical (unpaired) electrons. The molecule has 0 atom stereocenters. The summed E-state index contributed by atoms with van der Waals surface area (Å²) >= 11 is 6.15. The van der Waals surface area contributed by atoms with Crippen molar-refractivity contribution in [1.29, 1.82) is 5.26 Å². The van der Waals surface area contributed by atoms with Crippen LogP contribution >= 0.6 is 11.6 Å². The zero-order valence-electron chi connectivity index (χ0n) is 11.9. The largest absolute Gasteiger partial charge is 0.494 e. The van der Waals surface area contributed by atoms with Gasteiger partial charge in [-0.1, -0.05) is 23.2 Å². The number of ether oxygens (including phenoxy) is 1. The lowest BCUT2D eigenvalue weighted by Gasteiger charge is -2.26. The number of methoxy groups -OCH3 is 1. The molecular weight excluding hydrogens is 288 g/mol. The van der Waals surface area contributed by atoms with Crippen LogP contribution in [0.4, 0.5) is 0 Å². The van der Waals surface area contributed by atoms with E-state index in [2.05, 4.69) is 16.4 Å². The van der Waals surface area contributed by atoms with Gasteiger partial charge in [-0.15, -0.1) is 5.10 Å². The molecule has 1 aliphatic carbocycles. The third-order valence-corrected chi connectivity index (χ3v) is 4.40. The Balaban J connectivity index is 2.19. The number of hydrogen-bond donors (Lipinski definition) is 0. The summed E-state index contributed by atoms with van der Waals surface area (Å²) in [4.78, 5) is 0. The van der Waals surface area contributed by atoms with Crippen LogP contribution in [-0.4, -0.2) is 22.1 Å². The van der Waals surface area contributed by atoms with Crippen LogP contribution in [0.15, 0.2) is 12.1 Å². The van der Waals surface area contributed by atoms with Gasteiger partial charge in [0, 0.05) is 17.0 Å². The summed E-state index contributed by atoms with van der Waals surface area (Å²) in [6.45, 7) is 1.93. The second-order valence-electron chi connectivity index (χ2n) is 5.25. The molecular formula is C15H15ClN4O. The monoisotopic (exact) mass is 302 g/mol. The molecule has 0 aliphatic heterocycles. The van der Waals surface area contributed by atoms with Crippen molar-refractivity contribution in [2.75, 3.05) is 7.11 Å². The molecule has 0 amide bonds. The lowest BCUT2D eigenvalue weighted by atomic mass is 9.82. The summed E-state index contributed by atoms with van der Waals surface area (Å²) in [6, 6.07) is 5.82. The van der Waals surface area contributed by atoms with Gasteiger partial charge < -0.3 is 4.74 Å². The van der Waals surface area contributed by atoms with Gasteiger partial charge in [0.15, 0.2) is 5.69 Å². The molecule has 108 valence electrons. The molecule has 5 nitrogen and oxygen atoms in total. The molecule has 1 saturated carbocycles. The summed E-state index contributed by atoms with van der Waals surface area (Å²) < 4.78 is 7.14. The van der Waals surface area contributed by atoms with E-state index in [-0.39, 0.29) is 0 Å². The molecule has 0 unspecified atom stereocenters. The Bertz CT molecular complexity index is 728. The SMILES string of the molecule is COc1cc(Cl)c(C)cc1-n1nnc(C#N)c1C1CCC1. The summed E-state index contributed by atoms with van der Waals surface area (Å²) in [7, 11) is 1.59. The zero-order chi connectivity index (χ0) is 15.0. The number of rotatable bonds is 3. The third kappa shape index (κ3) is 2.26. The van der Waals surface area contributed by atoms with E-state index in [1.54, 1.807) is 17.9 Å². The molecule has 0 bridgehead atoms. The van der Waals surface area contributed by atoms with Gasteiger partial charge in [0.1, 0.15) is 17.5 Å². The lowest BCUT2D eigenvalue weighted by molar-refractivity contribution is 0.394. The maximum atomic E-state index is 9.25. The average Bonchev–Trinajstić information content (AvgIpc) is 2.83. The first-order valence-corrected chi connectivity index (χ1v) is 7.23. The van der Waals surface area contributed by atoms with Crippen molar-refractivity contribution in [1.82, 2.24) is 15.0 Å². The summed E-state index contributed by atoms with van der Waals surface area (Å²) in [5, 5.41) is 18.1. The molecule has 3 rings (SSSR count). The van der Waals surface area contributed by atoms with Gasteiger partial charge in [0.05, 0.1) is 12.8 Å². The van der Waals surface area contributed by atoms with Crippen LogP contribution < -0.4 is 4.74 Å². The molecule has 0 N–H and O–H groups in total. The predicted molar refractivity (Wildman–Crippen MR) is 79.0 cm³/mol. The van der Waals surface area contributed by atoms with Crippen molar-refractivity contribution in [3.63, 3.8) is 0 Å². The molecule has 6 heteroatoms. The molecule has 1 aromatic carbocycles. The smallest absolute Gasteiger partial charge is 0.186 e. The second kappa shape index (κ2) is 5.38. The fraction of sp³-hybridized carbons (Fsp3) is 0.400. The van der Waals surface area contributed by atoms with Crippen molar-refractivity contribution in [3.8, 4) is 17.5 Å². The Morgan fingerprint density at radius 3 is 2.76 bits per heavy atom. The van der Waals surface area contributed by atoms with E-state index in [1.165, 1.54) is 6.42 Å². The molecule has 0 spiro atoms. The molecule has 1 heterocycles. The molecule has 2 aromatic rings. The van der Waals surface area contributed by atoms with Gasteiger partial charge in [-0.3, -0.25) is 0 Å². The zero-order valence-corrected chi connectivity index (χ0v) is 12.7. The first-order valence-electron chi connectivity index (χ1n) is 6.86. The van der Waals surface area contributed by atoms with Crippen LogP contribution in [0.1, 0.15) is 42.1 Å². The fourth-order valence-corrected chi connectivity index (χ4v) is 2.73. The van der Waals surface area contributed by atoms with Crippen molar-refractivity contribution >= 4 is 11.6 Å². The summed E-state index contributed by atoms with van der Waals surface area (Å²) in [5.74, 6) is 0.968. The highest BCUT2D eigenvalue weighted by Gasteiger charge is 2.29. The number of benzene rings is 1. The second-order valence-corrected chi connectivity index (χ2v) is 5.66. The Morgan fingerprint density at radius 1 is 1.43 bits per heavy atom. The van der Waals surface area contributed by atoms with Crippen LogP contribution in [0.25, 0.3) is 5.69 Å². The van der Waals surface area contributed by atoms with Crippen molar-refractivity contribution in [2.45, 2.75) is 32.1 Å². The number of nitrogens with zero attached hydrogens (tertiary/aromatic N) is 4. The van der Waals surface area contributed by atoms with Gasteiger partial charge in [0.2, 0.25) is 0 Å². The number of hydrogen-bond acceptors (Lipinski definition) is 4.